The summed E-state index contributed by atoms with van der Waals surface area (Å²) >= 11 is 0. The van der Waals surface area contributed by atoms with Crippen LogP contribution >= 0.6 is 0 Å². The van der Waals surface area contributed by atoms with E-state index < -0.39 is 15.4 Å². The predicted octanol–water partition coefficient (Wildman–Crippen LogP) is -0.0427. The Hall–Kier alpha value is -1.61. The lowest BCUT2D eigenvalue weighted by atomic mass is 9.80. The van der Waals surface area contributed by atoms with Gasteiger partial charge in [-0.2, -0.15) is 9.40 Å². The smallest absolute Gasteiger partial charge is 0.246 e. The lowest BCUT2D eigenvalue weighted by Gasteiger charge is -2.37. The van der Waals surface area contributed by atoms with E-state index in [1.165, 1.54) is 21.4 Å². The topological polar surface area (TPSA) is 114 Å². The summed E-state index contributed by atoms with van der Waals surface area (Å²) in [4.78, 5) is 0.187. The zero-order chi connectivity index (χ0) is 15.0. The maximum absolute atomic E-state index is 12.4. The highest BCUT2D eigenvalue weighted by atomic mass is 32.2. The quantitative estimate of drug-likeness (QED) is 0.352. The lowest BCUT2D eigenvalue weighted by Crippen LogP contribution is -2.47. The number of rotatable bonds is 3. The monoisotopic (exact) mass is 301 g/mol. The normalized spacial score (nSPS) is 21.0. The van der Waals surface area contributed by atoms with Gasteiger partial charge in [0.25, 0.3) is 0 Å². The standard InChI is InChI=1S/C11H19N5O3S/c1-11(10(12)14-17)3-5-16(6-4-11)20(18,19)9-7-13-15(2)8-9/h7-8,17H,3-6H2,1-2H3,(H2,12,14). The molecule has 1 aliphatic heterocycles. The molecule has 0 atom stereocenters. The van der Waals surface area contributed by atoms with Crippen LogP contribution in [-0.2, 0) is 17.1 Å². The Kier molecular flexibility index (Phi) is 3.74. The fraction of sp³-hybridized carbons (Fsp3) is 0.636. The van der Waals surface area contributed by atoms with Crippen molar-refractivity contribution in [1.29, 1.82) is 0 Å². The predicted molar refractivity (Wildman–Crippen MR) is 72.7 cm³/mol. The van der Waals surface area contributed by atoms with Gasteiger partial charge >= 0.3 is 0 Å². The van der Waals surface area contributed by atoms with Gasteiger partial charge in [0.05, 0.1) is 6.20 Å². The number of oxime groups is 1. The van der Waals surface area contributed by atoms with E-state index in [4.69, 9.17) is 10.9 Å². The van der Waals surface area contributed by atoms with Crippen molar-refractivity contribution >= 4 is 15.9 Å². The molecule has 0 unspecified atom stereocenters. The Morgan fingerprint density at radius 2 is 2.10 bits per heavy atom. The van der Waals surface area contributed by atoms with Crippen LogP contribution in [-0.4, -0.2) is 46.6 Å². The SMILES string of the molecule is Cn1cc(S(=O)(=O)N2CCC(C)(/C(N)=N/O)CC2)cn1. The second-order valence-electron chi connectivity index (χ2n) is 5.30. The van der Waals surface area contributed by atoms with Gasteiger partial charge in [0.1, 0.15) is 10.7 Å². The van der Waals surface area contributed by atoms with E-state index in [9.17, 15) is 8.42 Å². The summed E-state index contributed by atoms with van der Waals surface area (Å²) in [7, 11) is -1.85. The van der Waals surface area contributed by atoms with Crippen molar-refractivity contribution in [3.8, 4) is 0 Å². The van der Waals surface area contributed by atoms with Crippen molar-refractivity contribution in [3.63, 3.8) is 0 Å². The molecule has 0 radical (unpaired) electrons. The number of nitrogens with two attached hydrogens (primary N) is 1. The number of hydrogen-bond donors (Lipinski definition) is 2. The molecule has 20 heavy (non-hydrogen) atoms. The van der Waals surface area contributed by atoms with Crippen molar-refractivity contribution < 1.29 is 13.6 Å². The second kappa shape index (κ2) is 5.06. The summed E-state index contributed by atoms with van der Waals surface area (Å²) < 4.78 is 27.7. The average Bonchev–Trinajstić information content (AvgIpc) is 2.85. The van der Waals surface area contributed by atoms with Crippen LogP contribution in [0.2, 0.25) is 0 Å². The first kappa shape index (κ1) is 14.8. The molecule has 1 saturated heterocycles. The summed E-state index contributed by atoms with van der Waals surface area (Å²) in [6, 6.07) is 0. The van der Waals surface area contributed by atoms with E-state index in [2.05, 4.69) is 10.3 Å². The molecule has 0 bridgehead atoms. The van der Waals surface area contributed by atoms with Gasteiger partial charge in [-0.05, 0) is 12.8 Å². The first-order valence-corrected chi connectivity index (χ1v) is 7.70. The van der Waals surface area contributed by atoms with Crippen LogP contribution in [0.4, 0.5) is 0 Å². The van der Waals surface area contributed by atoms with Gasteiger partial charge in [-0.1, -0.05) is 12.1 Å². The van der Waals surface area contributed by atoms with Crippen LogP contribution in [0.3, 0.4) is 0 Å². The van der Waals surface area contributed by atoms with E-state index >= 15 is 0 Å². The van der Waals surface area contributed by atoms with Crippen LogP contribution in [0.1, 0.15) is 19.8 Å². The van der Waals surface area contributed by atoms with E-state index in [-0.39, 0.29) is 10.7 Å². The number of nitrogens with zero attached hydrogens (tertiary/aromatic N) is 4. The maximum atomic E-state index is 12.4. The van der Waals surface area contributed by atoms with E-state index in [0.717, 1.165) is 0 Å². The second-order valence-corrected chi connectivity index (χ2v) is 7.24. The molecule has 1 fully saturated rings. The van der Waals surface area contributed by atoms with Gasteiger partial charge in [-0.15, -0.1) is 0 Å². The number of aromatic nitrogens is 2. The molecule has 8 nitrogen and oxygen atoms in total. The van der Waals surface area contributed by atoms with Gasteiger partial charge in [-0.3, -0.25) is 4.68 Å². The summed E-state index contributed by atoms with van der Waals surface area (Å²) in [5.41, 5.74) is 5.21. The van der Waals surface area contributed by atoms with Gasteiger partial charge in [0, 0.05) is 31.7 Å². The van der Waals surface area contributed by atoms with Crippen molar-refractivity contribution in [2.24, 2.45) is 23.4 Å². The largest absolute Gasteiger partial charge is 0.409 e. The van der Waals surface area contributed by atoms with Crippen LogP contribution < -0.4 is 5.73 Å². The molecule has 0 aromatic carbocycles. The van der Waals surface area contributed by atoms with Gasteiger partial charge < -0.3 is 10.9 Å². The van der Waals surface area contributed by atoms with Crippen molar-refractivity contribution in [1.82, 2.24) is 14.1 Å². The highest BCUT2D eigenvalue weighted by molar-refractivity contribution is 7.89. The fourth-order valence-corrected chi connectivity index (χ4v) is 3.71. The summed E-state index contributed by atoms with van der Waals surface area (Å²) in [5.74, 6) is 0.149. The van der Waals surface area contributed by atoms with E-state index in [1.54, 1.807) is 7.05 Å². The first-order valence-electron chi connectivity index (χ1n) is 6.26. The van der Waals surface area contributed by atoms with Crippen molar-refractivity contribution in [3.05, 3.63) is 12.4 Å². The van der Waals surface area contributed by atoms with Gasteiger partial charge in [-0.25, -0.2) is 8.42 Å². The van der Waals surface area contributed by atoms with Gasteiger partial charge in [0.15, 0.2) is 0 Å². The van der Waals surface area contributed by atoms with Crippen LogP contribution in [0.5, 0.6) is 0 Å². The minimum absolute atomic E-state index is 0.149. The average molecular weight is 301 g/mol. The van der Waals surface area contributed by atoms with Crippen LogP contribution in [0, 0.1) is 5.41 Å². The van der Waals surface area contributed by atoms with E-state index in [1.807, 2.05) is 6.92 Å². The van der Waals surface area contributed by atoms with Crippen molar-refractivity contribution in [2.75, 3.05) is 13.1 Å². The van der Waals surface area contributed by atoms with Crippen molar-refractivity contribution in [2.45, 2.75) is 24.7 Å². The molecular weight excluding hydrogens is 282 g/mol. The molecule has 1 aromatic heterocycles. The molecule has 1 aromatic rings. The molecule has 0 aliphatic carbocycles. The number of sulfonamides is 1. The first-order chi connectivity index (χ1) is 9.29. The van der Waals surface area contributed by atoms with Gasteiger partial charge in [0.2, 0.25) is 10.0 Å². The van der Waals surface area contributed by atoms with Crippen LogP contribution in [0.25, 0.3) is 0 Å². The third-order valence-electron chi connectivity index (χ3n) is 3.87. The zero-order valence-electron chi connectivity index (χ0n) is 11.5. The molecular formula is C11H19N5O3S. The molecule has 112 valence electrons. The molecule has 0 amide bonds. The highest BCUT2D eigenvalue weighted by Gasteiger charge is 2.38. The van der Waals surface area contributed by atoms with E-state index in [0.29, 0.717) is 25.9 Å². The zero-order valence-corrected chi connectivity index (χ0v) is 12.3. The Balaban J connectivity index is 2.15. The summed E-state index contributed by atoms with van der Waals surface area (Å²) in [6.45, 7) is 2.55. The molecule has 9 heteroatoms. The Bertz CT molecular complexity index is 614. The summed E-state index contributed by atoms with van der Waals surface area (Å²) in [5, 5.41) is 15.7. The number of amidine groups is 1. The number of aryl methyl sites for hydroxylation is 1. The maximum Gasteiger partial charge on any atom is 0.246 e. The Morgan fingerprint density at radius 3 is 2.55 bits per heavy atom. The fourth-order valence-electron chi connectivity index (χ4n) is 2.28. The minimum Gasteiger partial charge on any atom is -0.409 e. The number of hydrogen-bond acceptors (Lipinski definition) is 5. The minimum atomic E-state index is -3.52. The third kappa shape index (κ3) is 2.50. The molecule has 2 rings (SSSR count). The molecule has 0 spiro atoms. The molecule has 3 N–H and O–H groups in total. The molecule has 2 heterocycles. The summed E-state index contributed by atoms with van der Waals surface area (Å²) in [6.07, 6.45) is 3.85. The molecule has 1 aliphatic rings. The number of piperidine rings is 1. The molecule has 0 saturated carbocycles. The Labute approximate surface area is 117 Å². The highest BCUT2D eigenvalue weighted by Crippen LogP contribution is 2.33. The third-order valence-corrected chi connectivity index (χ3v) is 5.72. The van der Waals surface area contributed by atoms with Crippen LogP contribution in [0.15, 0.2) is 22.4 Å². The lowest BCUT2D eigenvalue weighted by molar-refractivity contribution is 0.230. The Morgan fingerprint density at radius 1 is 1.50 bits per heavy atom.